The number of rotatable bonds is 8. The molecule has 2 fully saturated rings. The third-order valence-corrected chi connectivity index (χ3v) is 7.06. The topological polar surface area (TPSA) is 124 Å². The van der Waals surface area contributed by atoms with Gasteiger partial charge >= 0.3 is 0 Å². The Bertz CT molecular complexity index is 1280. The van der Waals surface area contributed by atoms with Crippen LogP contribution in [0.3, 0.4) is 0 Å². The maximum absolute atomic E-state index is 13.1. The number of hydrogen-bond acceptors (Lipinski definition) is 8. The van der Waals surface area contributed by atoms with Gasteiger partial charge in [0.2, 0.25) is 0 Å². The van der Waals surface area contributed by atoms with Crippen LogP contribution in [-0.2, 0) is 9.47 Å². The molecule has 35 heavy (non-hydrogen) atoms. The van der Waals surface area contributed by atoms with Crippen molar-refractivity contribution in [3.05, 3.63) is 46.5 Å². The molecule has 1 unspecified atom stereocenters. The van der Waals surface area contributed by atoms with Gasteiger partial charge in [0.15, 0.2) is 5.65 Å². The van der Waals surface area contributed by atoms with Crippen molar-refractivity contribution in [2.45, 2.75) is 56.4 Å². The fourth-order valence-electron chi connectivity index (χ4n) is 4.90. The summed E-state index contributed by atoms with van der Waals surface area (Å²) in [6.45, 7) is 0. The molecule has 2 atom stereocenters. The molecule has 11 nitrogen and oxygen atoms in total. The summed E-state index contributed by atoms with van der Waals surface area (Å²) in [7, 11) is 5.15. The lowest BCUT2D eigenvalue weighted by Gasteiger charge is -2.35. The third-order valence-electron chi connectivity index (χ3n) is 7.06. The SMILES string of the molecule is CNc1cc(Nc2cccn([C@H]3C[C@H](OC)C3)c2=O)nc2c(C(=O)NC3CC[C@@H](OC)C3)cnn12. The molecule has 0 radical (unpaired) electrons. The predicted octanol–water partition coefficient (Wildman–Crippen LogP) is 2.32. The van der Waals surface area contributed by atoms with E-state index in [-0.39, 0.29) is 35.8 Å². The Labute approximate surface area is 202 Å². The predicted molar refractivity (Wildman–Crippen MR) is 131 cm³/mol. The number of aromatic nitrogens is 4. The molecule has 3 aromatic heterocycles. The first-order valence-corrected chi connectivity index (χ1v) is 11.9. The highest BCUT2D eigenvalue weighted by atomic mass is 16.5. The van der Waals surface area contributed by atoms with Crippen molar-refractivity contribution in [2.24, 2.45) is 0 Å². The minimum absolute atomic E-state index is 0.0551. The largest absolute Gasteiger partial charge is 0.381 e. The Balaban J connectivity index is 1.41. The van der Waals surface area contributed by atoms with E-state index in [4.69, 9.17) is 9.47 Å². The second-order valence-electron chi connectivity index (χ2n) is 9.15. The summed E-state index contributed by atoms with van der Waals surface area (Å²) < 4.78 is 14.1. The highest BCUT2D eigenvalue weighted by Crippen LogP contribution is 2.33. The van der Waals surface area contributed by atoms with Crippen LogP contribution < -0.4 is 21.5 Å². The summed E-state index contributed by atoms with van der Waals surface area (Å²) in [6, 6.07) is 5.50. The molecule has 3 heterocycles. The number of methoxy groups -OCH3 is 2. The number of carbonyl (C=O) groups excluding carboxylic acids is 1. The third kappa shape index (κ3) is 4.48. The molecule has 2 aliphatic rings. The van der Waals surface area contributed by atoms with Crippen molar-refractivity contribution in [3.8, 4) is 0 Å². The van der Waals surface area contributed by atoms with Gasteiger partial charge in [0.25, 0.3) is 11.5 Å². The minimum atomic E-state index is -0.229. The second-order valence-corrected chi connectivity index (χ2v) is 9.15. The van der Waals surface area contributed by atoms with Gasteiger partial charge in [-0.25, -0.2) is 4.98 Å². The number of nitrogens with one attached hydrogen (secondary N) is 3. The van der Waals surface area contributed by atoms with Gasteiger partial charge in [-0.05, 0) is 44.2 Å². The van der Waals surface area contributed by atoms with Gasteiger partial charge in [-0.3, -0.25) is 9.59 Å². The van der Waals surface area contributed by atoms with Gasteiger partial charge in [-0.1, -0.05) is 0 Å². The molecule has 5 rings (SSSR count). The van der Waals surface area contributed by atoms with Gasteiger partial charge in [-0.15, -0.1) is 0 Å². The number of hydrogen-bond donors (Lipinski definition) is 3. The number of anilines is 3. The van der Waals surface area contributed by atoms with E-state index in [0.29, 0.717) is 28.5 Å². The van der Waals surface area contributed by atoms with Crippen molar-refractivity contribution >= 4 is 28.9 Å². The zero-order valence-electron chi connectivity index (χ0n) is 20.2. The van der Waals surface area contributed by atoms with Crippen LogP contribution in [0.2, 0.25) is 0 Å². The van der Waals surface area contributed by atoms with Crippen LogP contribution in [0.1, 0.15) is 48.5 Å². The standard InChI is InChI=1S/C24H31N7O4/c1-25-21-12-20(28-19-5-4-8-30(24(19)33)15-10-17(11-15)35-3)29-22-18(13-26-31(21)22)23(32)27-14-6-7-16(9-14)34-2/h4-5,8,12-17,25H,6-7,9-11H2,1-3H3,(H,27,32)(H,28,29)/t14?,15-,16-,17-/m1/s1. The number of ether oxygens (including phenoxy) is 2. The fraction of sp³-hybridized carbons (Fsp3) is 0.500. The van der Waals surface area contributed by atoms with Crippen molar-refractivity contribution in [3.63, 3.8) is 0 Å². The van der Waals surface area contributed by atoms with Gasteiger partial charge in [0, 0.05) is 45.6 Å². The number of amides is 1. The van der Waals surface area contributed by atoms with Gasteiger partial charge < -0.3 is 30.0 Å². The molecule has 0 aliphatic heterocycles. The van der Waals surface area contributed by atoms with Gasteiger partial charge in [0.05, 0.1) is 18.4 Å². The lowest BCUT2D eigenvalue weighted by molar-refractivity contribution is 0.00522. The minimum Gasteiger partial charge on any atom is -0.381 e. The van der Waals surface area contributed by atoms with Gasteiger partial charge in [-0.2, -0.15) is 9.61 Å². The summed E-state index contributed by atoms with van der Waals surface area (Å²) in [5.41, 5.74) is 1.06. The quantitative estimate of drug-likeness (QED) is 0.448. The van der Waals surface area contributed by atoms with Crippen molar-refractivity contribution in [2.75, 3.05) is 31.9 Å². The Morgan fingerprint density at radius 2 is 1.94 bits per heavy atom. The van der Waals surface area contributed by atoms with Crippen LogP contribution in [0.25, 0.3) is 5.65 Å². The molecule has 3 N–H and O–H groups in total. The molecule has 0 spiro atoms. The average molecular weight is 482 g/mol. The zero-order chi connectivity index (χ0) is 24.5. The number of carbonyl (C=O) groups is 1. The number of fused-ring (bicyclic) bond motifs is 1. The van der Waals surface area contributed by atoms with Crippen LogP contribution in [0.5, 0.6) is 0 Å². The molecule has 1 amide bonds. The van der Waals surface area contributed by atoms with Gasteiger partial charge in [0.1, 0.15) is 22.9 Å². The van der Waals surface area contributed by atoms with E-state index in [1.807, 2.05) is 6.07 Å². The van der Waals surface area contributed by atoms with E-state index in [0.717, 1.165) is 32.1 Å². The molecule has 2 aliphatic carbocycles. The number of nitrogens with zero attached hydrogens (tertiary/aromatic N) is 4. The molecule has 11 heteroatoms. The lowest BCUT2D eigenvalue weighted by atomic mass is 9.89. The van der Waals surface area contributed by atoms with Crippen LogP contribution in [0.15, 0.2) is 35.4 Å². The van der Waals surface area contributed by atoms with E-state index in [1.54, 1.807) is 48.7 Å². The molecule has 0 bridgehead atoms. The molecule has 186 valence electrons. The smallest absolute Gasteiger partial charge is 0.274 e. The highest BCUT2D eigenvalue weighted by molar-refractivity contribution is 6.00. The van der Waals surface area contributed by atoms with Crippen LogP contribution in [0.4, 0.5) is 17.3 Å². The van der Waals surface area contributed by atoms with Crippen LogP contribution in [0, 0.1) is 0 Å². The first-order chi connectivity index (χ1) is 17.0. The maximum Gasteiger partial charge on any atom is 0.274 e. The fourth-order valence-corrected chi connectivity index (χ4v) is 4.90. The Hall–Kier alpha value is -3.44. The Morgan fingerprint density at radius 3 is 2.66 bits per heavy atom. The van der Waals surface area contributed by atoms with Crippen LogP contribution in [-0.4, -0.2) is 64.6 Å². The van der Waals surface area contributed by atoms with Crippen LogP contribution >= 0.6 is 0 Å². The van der Waals surface area contributed by atoms with E-state index >= 15 is 0 Å². The molecular weight excluding hydrogens is 450 g/mol. The summed E-state index contributed by atoms with van der Waals surface area (Å²) in [6.07, 6.45) is 7.90. The normalized spacial score (nSPS) is 23.7. The van der Waals surface area contributed by atoms with Crippen molar-refractivity contribution in [1.82, 2.24) is 24.5 Å². The second kappa shape index (κ2) is 9.67. The monoisotopic (exact) mass is 481 g/mol. The van der Waals surface area contributed by atoms with Crippen molar-refractivity contribution < 1.29 is 14.3 Å². The lowest BCUT2D eigenvalue weighted by Crippen LogP contribution is -2.37. The summed E-state index contributed by atoms with van der Waals surface area (Å²) in [5, 5.41) is 13.7. The van der Waals surface area contributed by atoms with E-state index in [9.17, 15) is 9.59 Å². The van der Waals surface area contributed by atoms with E-state index in [1.165, 1.54) is 6.20 Å². The first-order valence-electron chi connectivity index (χ1n) is 11.9. The average Bonchev–Trinajstić information content (AvgIpc) is 3.47. The van der Waals surface area contributed by atoms with E-state index in [2.05, 4.69) is 26.0 Å². The summed E-state index contributed by atoms with van der Waals surface area (Å²) in [4.78, 5) is 30.8. The van der Waals surface area contributed by atoms with Crippen molar-refractivity contribution in [1.29, 1.82) is 0 Å². The molecule has 0 aromatic carbocycles. The zero-order valence-corrected chi connectivity index (χ0v) is 20.2. The molecule has 0 saturated heterocycles. The molecule has 3 aromatic rings. The summed E-state index contributed by atoms with van der Waals surface area (Å²) in [5.74, 6) is 0.846. The highest BCUT2D eigenvalue weighted by Gasteiger charge is 2.31. The molecular formula is C24H31N7O4. The number of pyridine rings is 1. The molecule has 2 saturated carbocycles. The summed E-state index contributed by atoms with van der Waals surface area (Å²) >= 11 is 0. The first kappa shape index (κ1) is 23.3. The van der Waals surface area contributed by atoms with E-state index < -0.39 is 0 Å². The maximum atomic E-state index is 13.1. The Morgan fingerprint density at radius 1 is 1.14 bits per heavy atom. The Kier molecular flexibility index (Phi) is 6.44.